The van der Waals surface area contributed by atoms with Gasteiger partial charge in [0.2, 0.25) is 0 Å². The Morgan fingerprint density at radius 1 is 1.27 bits per heavy atom. The van der Waals surface area contributed by atoms with Crippen LogP contribution in [0.3, 0.4) is 0 Å². The van der Waals surface area contributed by atoms with Gasteiger partial charge in [-0.05, 0) is 13.0 Å². The third kappa shape index (κ3) is 2.00. The fourth-order valence-corrected chi connectivity index (χ4v) is 0.810. The fraction of sp³-hybridized carbons (Fsp3) is 0.556. The number of aryl methyl sites for hydroxylation is 1. The van der Waals surface area contributed by atoms with E-state index in [0.29, 0.717) is 0 Å². The number of aromatic nitrogens is 2. The highest BCUT2D eigenvalue weighted by atomic mass is 14.9. The number of nitrogens with zero attached hydrogens (tertiary/aromatic N) is 2. The SMILES string of the molecule is Cc1ccnc(C(C)(C)C)n1. The molecule has 1 aromatic rings. The Labute approximate surface area is 67.7 Å². The first-order valence-corrected chi connectivity index (χ1v) is 3.80. The molecule has 60 valence electrons. The van der Waals surface area contributed by atoms with Crippen LogP contribution >= 0.6 is 0 Å². The first kappa shape index (κ1) is 8.18. The molecule has 0 spiro atoms. The Morgan fingerprint density at radius 2 is 1.91 bits per heavy atom. The zero-order valence-corrected chi connectivity index (χ0v) is 7.55. The maximum atomic E-state index is 4.33. The molecule has 0 aliphatic carbocycles. The average molecular weight is 150 g/mol. The second kappa shape index (κ2) is 2.61. The first-order chi connectivity index (χ1) is 5.00. The zero-order chi connectivity index (χ0) is 8.48. The Bertz CT molecular complexity index is 248. The minimum absolute atomic E-state index is 0.0615. The minimum atomic E-state index is 0.0615. The Kier molecular flexibility index (Phi) is 1.94. The van der Waals surface area contributed by atoms with Crippen LogP contribution in [0.4, 0.5) is 0 Å². The van der Waals surface area contributed by atoms with Crippen LogP contribution in [0.25, 0.3) is 0 Å². The Balaban J connectivity index is 3.06. The topological polar surface area (TPSA) is 25.8 Å². The van der Waals surface area contributed by atoms with Crippen LogP contribution in [0.1, 0.15) is 32.3 Å². The molecule has 0 radical (unpaired) electrons. The van der Waals surface area contributed by atoms with Crippen LogP contribution in [-0.4, -0.2) is 9.97 Å². The van der Waals surface area contributed by atoms with Gasteiger partial charge < -0.3 is 0 Å². The molecule has 1 rings (SSSR count). The molecule has 0 saturated heterocycles. The first-order valence-electron chi connectivity index (χ1n) is 3.80. The second-order valence-corrected chi connectivity index (χ2v) is 3.77. The van der Waals surface area contributed by atoms with Crippen molar-refractivity contribution in [3.8, 4) is 0 Å². The van der Waals surface area contributed by atoms with Crippen molar-refractivity contribution in [1.29, 1.82) is 0 Å². The molecule has 2 nitrogen and oxygen atoms in total. The highest BCUT2D eigenvalue weighted by Gasteiger charge is 2.16. The van der Waals surface area contributed by atoms with Gasteiger partial charge in [-0.2, -0.15) is 0 Å². The smallest absolute Gasteiger partial charge is 0.133 e. The summed E-state index contributed by atoms with van der Waals surface area (Å²) in [6.45, 7) is 8.32. The van der Waals surface area contributed by atoms with Crippen molar-refractivity contribution in [3.63, 3.8) is 0 Å². The van der Waals surface area contributed by atoms with E-state index in [1.807, 2.05) is 19.2 Å². The highest BCUT2D eigenvalue weighted by molar-refractivity contribution is 5.06. The summed E-state index contributed by atoms with van der Waals surface area (Å²) < 4.78 is 0. The van der Waals surface area contributed by atoms with Crippen LogP contribution < -0.4 is 0 Å². The normalized spacial score (nSPS) is 11.6. The molecular weight excluding hydrogens is 136 g/mol. The maximum absolute atomic E-state index is 4.33. The summed E-state index contributed by atoms with van der Waals surface area (Å²) in [5, 5.41) is 0. The summed E-state index contributed by atoms with van der Waals surface area (Å²) in [4.78, 5) is 8.53. The maximum Gasteiger partial charge on any atom is 0.133 e. The van der Waals surface area contributed by atoms with Crippen LogP contribution in [0.15, 0.2) is 12.3 Å². The van der Waals surface area contributed by atoms with E-state index in [4.69, 9.17) is 0 Å². The molecule has 2 heteroatoms. The van der Waals surface area contributed by atoms with Gasteiger partial charge in [0.25, 0.3) is 0 Å². The van der Waals surface area contributed by atoms with E-state index < -0.39 is 0 Å². The Hall–Kier alpha value is -0.920. The summed E-state index contributed by atoms with van der Waals surface area (Å²) in [5.41, 5.74) is 1.09. The molecule has 1 heterocycles. The van der Waals surface area contributed by atoms with Gasteiger partial charge in [0.15, 0.2) is 0 Å². The lowest BCUT2D eigenvalue weighted by Crippen LogP contribution is -2.15. The summed E-state index contributed by atoms with van der Waals surface area (Å²) >= 11 is 0. The average Bonchev–Trinajstić information content (AvgIpc) is 1.86. The monoisotopic (exact) mass is 150 g/mol. The molecule has 11 heavy (non-hydrogen) atoms. The fourth-order valence-electron chi connectivity index (χ4n) is 0.810. The number of rotatable bonds is 0. The molecule has 0 unspecified atom stereocenters. The van der Waals surface area contributed by atoms with Crippen LogP contribution in [-0.2, 0) is 5.41 Å². The van der Waals surface area contributed by atoms with Gasteiger partial charge in [-0.25, -0.2) is 9.97 Å². The third-order valence-electron chi connectivity index (χ3n) is 1.47. The molecule has 0 aromatic carbocycles. The van der Waals surface area contributed by atoms with Gasteiger partial charge in [-0.1, -0.05) is 20.8 Å². The van der Waals surface area contributed by atoms with Crippen molar-refractivity contribution >= 4 is 0 Å². The van der Waals surface area contributed by atoms with Gasteiger partial charge in [-0.15, -0.1) is 0 Å². The summed E-state index contributed by atoms with van der Waals surface area (Å²) in [6.07, 6.45) is 1.81. The van der Waals surface area contributed by atoms with E-state index in [-0.39, 0.29) is 5.41 Å². The number of hydrogen-bond acceptors (Lipinski definition) is 2. The van der Waals surface area contributed by atoms with E-state index in [9.17, 15) is 0 Å². The third-order valence-corrected chi connectivity index (χ3v) is 1.47. The molecule has 0 saturated carbocycles. The highest BCUT2D eigenvalue weighted by Crippen LogP contribution is 2.16. The number of hydrogen-bond donors (Lipinski definition) is 0. The predicted octanol–water partition coefficient (Wildman–Crippen LogP) is 2.08. The summed E-state index contributed by atoms with van der Waals surface area (Å²) in [5.74, 6) is 0.914. The van der Waals surface area contributed by atoms with Crippen molar-refractivity contribution in [2.45, 2.75) is 33.1 Å². The van der Waals surface area contributed by atoms with Gasteiger partial charge in [0.1, 0.15) is 5.82 Å². The largest absolute Gasteiger partial charge is 0.241 e. The lowest BCUT2D eigenvalue weighted by Gasteiger charge is -2.15. The van der Waals surface area contributed by atoms with E-state index >= 15 is 0 Å². The molecule has 0 atom stereocenters. The van der Waals surface area contributed by atoms with Crippen molar-refractivity contribution in [1.82, 2.24) is 9.97 Å². The van der Waals surface area contributed by atoms with Gasteiger partial charge in [0.05, 0.1) is 0 Å². The molecule has 0 aliphatic rings. The standard InChI is InChI=1S/C9H14N2/c1-7-5-6-10-8(11-7)9(2,3)4/h5-6H,1-4H3. The lowest BCUT2D eigenvalue weighted by atomic mass is 9.96. The minimum Gasteiger partial charge on any atom is -0.241 e. The Morgan fingerprint density at radius 3 is 2.27 bits per heavy atom. The molecule has 1 aromatic heterocycles. The van der Waals surface area contributed by atoms with Crippen LogP contribution in [0.5, 0.6) is 0 Å². The molecule has 0 bridgehead atoms. The van der Waals surface area contributed by atoms with E-state index in [0.717, 1.165) is 11.5 Å². The molecule has 0 fully saturated rings. The quantitative estimate of drug-likeness (QED) is 0.566. The molecular formula is C9H14N2. The van der Waals surface area contributed by atoms with Crippen molar-refractivity contribution in [3.05, 3.63) is 23.8 Å². The van der Waals surface area contributed by atoms with Crippen molar-refractivity contribution in [2.24, 2.45) is 0 Å². The summed E-state index contributed by atoms with van der Waals surface area (Å²) in [7, 11) is 0. The zero-order valence-electron chi connectivity index (χ0n) is 7.55. The lowest BCUT2D eigenvalue weighted by molar-refractivity contribution is 0.543. The van der Waals surface area contributed by atoms with Gasteiger partial charge >= 0.3 is 0 Å². The van der Waals surface area contributed by atoms with Crippen molar-refractivity contribution in [2.75, 3.05) is 0 Å². The molecule has 0 N–H and O–H groups in total. The second-order valence-electron chi connectivity index (χ2n) is 3.77. The van der Waals surface area contributed by atoms with Gasteiger partial charge in [-0.3, -0.25) is 0 Å². The van der Waals surface area contributed by atoms with E-state index in [1.54, 1.807) is 0 Å². The van der Waals surface area contributed by atoms with E-state index in [1.165, 1.54) is 0 Å². The molecule has 0 aliphatic heterocycles. The summed E-state index contributed by atoms with van der Waals surface area (Å²) in [6, 6.07) is 1.91. The van der Waals surface area contributed by atoms with Crippen molar-refractivity contribution < 1.29 is 0 Å². The molecule has 0 amide bonds. The van der Waals surface area contributed by atoms with E-state index in [2.05, 4.69) is 30.7 Å². The van der Waals surface area contributed by atoms with Crippen LogP contribution in [0.2, 0.25) is 0 Å². The predicted molar refractivity (Wildman–Crippen MR) is 45.5 cm³/mol. The van der Waals surface area contributed by atoms with Crippen LogP contribution in [0, 0.1) is 6.92 Å². The van der Waals surface area contributed by atoms with Gasteiger partial charge in [0, 0.05) is 17.3 Å².